The van der Waals surface area contributed by atoms with E-state index in [1.807, 2.05) is 12.1 Å². The van der Waals surface area contributed by atoms with E-state index in [4.69, 9.17) is 4.74 Å². The summed E-state index contributed by atoms with van der Waals surface area (Å²) in [7, 11) is 0. The molecule has 1 aromatic carbocycles. The molecule has 0 fully saturated rings. The minimum absolute atomic E-state index is 0.316. The van der Waals surface area contributed by atoms with Crippen molar-refractivity contribution < 1.29 is 9.53 Å². The first-order valence-electron chi connectivity index (χ1n) is 4.94. The summed E-state index contributed by atoms with van der Waals surface area (Å²) in [5.41, 5.74) is 4.75. The van der Waals surface area contributed by atoms with Crippen molar-refractivity contribution in [1.29, 1.82) is 0 Å². The first-order valence-corrected chi connectivity index (χ1v) is 5.93. The number of nitrogens with zero attached hydrogens (tertiary/aromatic N) is 3. The standard InChI is InChI=1S/C11H10N3O2S/c1-8(15)16-10-4-2-9(3-5-10)6-17-11-12-7-13-14-11/h2-5,7H,6H2,1H3. The first-order chi connectivity index (χ1) is 8.24. The lowest BCUT2D eigenvalue weighted by molar-refractivity contribution is -0.131. The van der Waals surface area contributed by atoms with Crippen LogP contribution in [0.2, 0.25) is 0 Å². The van der Waals surface area contributed by atoms with Crippen LogP contribution in [-0.2, 0) is 10.5 Å². The SMILES string of the molecule is CC(=O)Oc1ccc(CSC2=N[N]C=N2)cc1. The number of hydrogen-bond acceptors (Lipinski definition) is 5. The number of benzene rings is 1. The third kappa shape index (κ3) is 3.60. The van der Waals surface area contributed by atoms with Crippen LogP contribution in [0.15, 0.2) is 34.4 Å². The number of hydrogen-bond donors (Lipinski definition) is 0. The predicted molar refractivity (Wildman–Crippen MR) is 67.1 cm³/mol. The second-order valence-corrected chi connectivity index (χ2v) is 4.21. The molecule has 87 valence electrons. The number of carbonyl (C=O) groups is 1. The van der Waals surface area contributed by atoms with Gasteiger partial charge in [-0.3, -0.25) is 4.79 Å². The van der Waals surface area contributed by atoms with Gasteiger partial charge in [0.25, 0.3) is 0 Å². The summed E-state index contributed by atoms with van der Waals surface area (Å²) in [6, 6.07) is 7.34. The van der Waals surface area contributed by atoms with Crippen molar-refractivity contribution in [2.24, 2.45) is 10.1 Å². The maximum atomic E-state index is 10.7. The van der Waals surface area contributed by atoms with Gasteiger partial charge in [0, 0.05) is 12.7 Å². The summed E-state index contributed by atoms with van der Waals surface area (Å²) in [5, 5.41) is 4.48. The second kappa shape index (κ2) is 5.49. The summed E-state index contributed by atoms with van der Waals surface area (Å²) in [5.74, 6) is 0.993. The maximum absolute atomic E-state index is 10.7. The van der Waals surface area contributed by atoms with Crippen LogP contribution in [0.4, 0.5) is 0 Å². The molecule has 5 nitrogen and oxygen atoms in total. The van der Waals surface area contributed by atoms with E-state index in [1.165, 1.54) is 25.0 Å². The molecule has 0 aromatic heterocycles. The molecule has 1 radical (unpaired) electrons. The number of rotatable bonds is 3. The van der Waals surface area contributed by atoms with Crippen LogP contribution < -0.4 is 10.2 Å². The molecule has 0 atom stereocenters. The Labute approximate surface area is 103 Å². The van der Waals surface area contributed by atoms with E-state index in [2.05, 4.69) is 15.5 Å². The fourth-order valence-corrected chi connectivity index (χ4v) is 1.92. The van der Waals surface area contributed by atoms with Crippen molar-refractivity contribution in [3.63, 3.8) is 0 Å². The Bertz CT molecular complexity index is 468. The van der Waals surface area contributed by atoms with Crippen LogP contribution in [0.1, 0.15) is 12.5 Å². The van der Waals surface area contributed by atoms with Crippen molar-refractivity contribution in [3.8, 4) is 5.75 Å². The Hall–Kier alpha value is -1.82. The van der Waals surface area contributed by atoms with E-state index < -0.39 is 0 Å². The van der Waals surface area contributed by atoms with Crippen molar-refractivity contribution in [3.05, 3.63) is 29.8 Å². The predicted octanol–water partition coefficient (Wildman–Crippen LogP) is 1.76. The number of thioether (sulfide) groups is 1. The van der Waals surface area contributed by atoms with E-state index >= 15 is 0 Å². The van der Waals surface area contributed by atoms with Crippen LogP contribution in [0.3, 0.4) is 0 Å². The highest BCUT2D eigenvalue weighted by Crippen LogP contribution is 2.18. The Morgan fingerprint density at radius 3 is 2.71 bits per heavy atom. The van der Waals surface area contributed by atoms with Crippen LogP contribution >= 0.6 is 11.8 Å². The quantitative estimate of drug-likeness (QED) is 0.604. The minimum Gasteiger partial charge on any atom is -0.427 e. The van der Waals surface area contributed by atoms with E-state index in [1.54, 1.807) is 12.1 Å². The van der Waals surface area contributed by atoms with Crippen LogP contribution in [0, 0.1) is 0 Å². The van der Waals surface area contributed by atoms with E-state index in [0.29, 0.717) is 10.9 Å². The molecule has 0 N–H and O–H groups in total. The van der Waals surface area contributed by atoms with Crippen LogP contribution in [-0.4, -0.2) is 17.5 Å². The molecule has 0 amide bonds. The molecule has 1 aliphatic heterocycles. The van der Waals surface area contributed by atoms with Gasteiger partial charge in [-0.15, -0.1) is 10.5 Å². The summed E-state index contributed by atoms with van der Waals surface area (Å²) < 4.78 is 4.94. The fourth-order valence-electron chi connectivity index (χ4n) is 1.21. The highest BCUT2D eigenvalue weighted by Gasteiger charge is 2.04. The fraction of sp³-hybridized carbons (Fsp3) is 0.182. The van der Waals surface area contributed by atoms with Gasteiger partial charge in [0.2, 0.25) is 5.17 Å². The molecular formula is C11H10N3O2S. The zero-order valence-corrected chi connectivity index (χ0v) is 9.98. The van der Waals surface area contributed by atoms with Crippen LogP contribution in [0.25, 0.3) is 0 Å². The Kier molecular flexibility index (Phi) is 3.77. The van der Waals surface area contributed by atoms with Crippen molar-refractivity contribution >= 4 is 29.2 Å². The van der Waals surface area contributed by atoms with Gasteiger partial charge in [-0.1, -0.05) is 23.9 Å². The van der Waals surface area contributed by atoms with Crippen molar-refractivity contribution in [2.75, 3.05) is 0 Å². The maximum Gasteiger partial charge on any atom is 0.308 e. The van der Waals surface area contributed by atoms with Gasteiger partial charge >= 0.3 is 5.97 Å². The Morgan fingerprint density at radius 1 is 1.35 bits per heavy atom. The van der Waals surface area contributed by atoms with Crippen LogP contribution in [0.5, 0.6) is 5.75 Å². The molecule has 1 aromatic rings. The number of amidine groups is 1. The molecular weight excluding hydrogens is 238 g/mol. The average molecular weight is 248 g/mol. The highest BCUT2D eigenvalue weighted by molar-refractivity contribution is 8.13. The third-order valence-corrected chi connectivity index (χ3v) is 2.84. The summed E-state index contributed by atoms with van der Waals surface area (Å²) in [6.45, 7) is 1.38. The first kappa shape index (κ1) is 11.7. The molecule has 0 aliphatic carbocycles. The molecule has 2 rings (SSSR count). The van der Waals surface area contributed by atoms with Gasteiger partial charge in [0.05, 0.1) is 0 Å². The van der Waals surface area contributed by atoms with E-state index in [-0.39, 0.29) is 5.97 Å². The molecule has 0 bridgehead atoms. The molecule has 0 saturated heterocycles. The van der Waals surface area contributed by atoms with Gasteiger partial charge in [-0.05, 0) is 17.7 Å². The lowest BCUT2D eigenvalue weighted by Gasteiger charge is -2.02. The molecule has 0 saturated carbocycles. The van der Waals surface area contributed by atoms with Gasteiger partial charge < -0.3 is 4.74 Å². The number of aliphatic imine (C=N–C) groups is 1. The normalized spacial score (nSPS) is 13.1. The highest BCUT2D eigenvalue weighted by atomic mass is 32.2. The minimum atomic E-state index is -0.316. The van der Waals surface area contributed by atoms with Gasteiger partial charge in [-0.2, -0.15) is 0 Å². The summed E-state index contributed by atoms with van der Waals surface area (Å²) >= 11 is 1.51. The van der Waals surface area contributed by atoms with E-state index in [9.17, 15) is 4.79 Å². The Balaban J connectivity index is 1.89. The number of ether oxygens (including phenoxy) is 1. The van der Waals surface area contributed by atoms with Crippen molar-refractivity contribution in [1.82, 2.24) is 5.43 Å². The lowest BCUT2D eigenvalue weighted by atomic mass is 10.2. The third-order valence-electron chi connectivity index (χ3n) is 1.92. The summed E-state index contributed by atoms with van der Waals surface area (Å²) in [6.07, 6.45) is 1.42. The molecule has 17 heavy (non-hydrogen) atoms. The largest absolute Gasteiger partial charge is 0.427 e. The smallest absolute Gasteiger partial charge is 0.308 e. The zero-order valence-electron chi connectivity index (χ0n) is 9.16. The average Bonchev–Trinajstić information content (AvgIpc) is 2.80. The molecule has 1 aliphatic rings. The molecule has 6 heteroatoms. The summed E-state index contributed by atoms with van der Waals surface area (Å²) in [4.78, 5) is 14.7. The Morgan fingerprint density at radius 2 is 2.12 bits per heavy atom. The monoisotopic (exact) mass is 248 g/mol. The van der Waals surface area contributed by atoms with Gasteiger partial charge in [0.15, 0.2) is 0 Å². The van der Waals surface area contributed by atoms with E-state index in [0.717, 1.165) is 11.3 Å². The molecule has 1 heterocycles. The second-order valence-electron chi connectivity index (χ2n) is 3.27. The molecule has 0 spiro atoms. The number of carbonyl (C=O) groups excluding carboxylic acids is 1. The van der Waals surface area contributed by atoms with Crippen molar-refractivity contribution in [2.45, 2.75) is 12.7 Å². The zero-order chi connectivity index (χ0) is 12.1. The topological polar surface area (TPSA) is 65.1 Å². The van der Waals surface area contributed by atoms with Gasteiger partial charge in [-0.25, -0.2) is 4.99 Å². The number of esters is 1. The lowest BCUT2D eigenvalue weighted by Crippen LogP contribution is -2.01. The van der Waals surface area contributed by atoms with Gasteiger partial charge in [0.1, 0.15) is 12.1 Å². The molecule has 0 unspecified atom stereocenters.